The van der Waals surface area contributed by atoms with Gasteiger partial charge in [-0.3, -0.25) is 4.90 Å². The number of carbonyl (C=O) groups is 1. The Kier molecular flexibility index (Phi) is 5.24. The Bertz CT molecular complexity index is 763. The predicted molar refractivity (Wildman–Crippen MR) is 93.9 cm³/mol. The van der Waals surface area contributed by atoms with E-state index in [0.29, 0.717) is 13.1 Å². The lowest BCUT2D eigenvalue weighted by atomic mass is 10.1. The fraction of sp³-hybridized carbons (Fsp3) is 0.412. The molecule has 0 fully saturated rings. The average molecular weight is 366 g/mol. The van der Waals surface area contributed by atoms with Gasteiger partial charge in [0.25, 0.3) is 0 Å². The maximum atomic E-state index is 13.7. The zero-order valence-corrected chi connectivity index (χ0v) is 15.0. The van der Waals surface area contributed by atoms with Crippen LogP contribution >= 0.6 is 11.6 Å². The van der Waals surface area contributed by atoms with E-state index in [1.807, 2.05) is 12.3 Å². The van der Waals surface area contributed by atoms with Crippen LogP contribution in [0.2, 0.25) is 5.02 Å². The summed E-state index contributed by atoms with van der Waals surface area (Å²) in [5.41, 5.74) is 1.94. The molecule has 25 heavy (non-hydrogen) atoms. The number of amides is 2. The number of hydrogen-bond donors (Lipinski definition) is 1. The number of halogens is 2. The van der Waals surface area contributed by atoms with Crippen LogP contribution in [-0.4, -0.2) is 52.6 Å². The Morgan fingerprint density at radius 2 is 2.28 bits per heavy atom. The number of nitrogens with one attached hydrogen (secondary N) is 1. The summed E-state index contributed by atoms with van der Waals surface area (Å²) >= 11 is 5.75. The maximum Gasteiger partial charge on any atom is 0.316 e. The highest BCUT2D eigenvalue weighted by molar-refractivity contribution is 6.30. The van der Waals surface area contributed by atoms with Gasteiger partial charge < -0.3 is 14.8 Å². The molecule has 1 N–H and O–H groups in total. The first-order valence-corrected chi connectivity index (χ1v) is 8.44. The van der Waals surface area contributed by atoms with E-state index in [0.717, 1.165) is 24.3 Å². The summed E-state index contributed by atoms with van der Waals surface area (Å²) in [6.45, 7) is 2.58. The molecular formula is C17H21ClFN5O. The van der Waals surface area contributed by atoms with Crippen LogP contribution in [0.15, 0.2) is 30.7 Å². The lowest BCUT2D eigenvalue weighted by Gasteiger charge is -2.34. The van der Waals surface area contributed by atoms with Gasteiger partial charge in [-0.2, -0.15) is 0 Å². The first-order valence-electron chi connectivity index (χ1n) is 8.06. The molecule has 1 aromatic heterocycles. The number of urea groups is 1. The molecule has 0 aliphatic carbocycles. The second-order valence-corrected chi connectivity index (χ2v) is 6.85. The molecule has 6 nitrogen and oxygen atoms in total. The summed E-state index contributed by atoms with van der Waals surface area (Å²) in [5.74, 6) is -0.406. The Labute approximate surface area is 151 Å². The molecule has 134 valence electrons. The number of hydrogen-bond acceptors (Lipinski definition) is 3. The second kappa shape index (κ2) is 7.41. The van der Waals surface area contributed by atoms with Gasteiger partial charge >= 0.3 is 6.03 Å². The number of fused-ring (bicyclic) bond motifs is 1. The van der Waals surface area contributed by atoms with Crippen LogP contribution in [0.5, 0.6) is 0 Å². The number of aromatic nitrogens is 2. The van der Waals surface area contributed by atoms with Gasteiger partial charge in [0.05, 0.1) is 23.1 Å². The molecule has 2 aromatic rings. The first kappa shape index (κ1) is 17.7. The summed E-state index contributed by atoms with van der Waals surface area (Å²) in [6.07, 6.45) is 3.62. The number of nitrogens with zero attached hydrogens (tertiary/aromatic N) is 4. The van der Waals surface area contributed by atoms with Crippen LogP contribution in [0.4, 0.5) is 9.18 Å². The summed E-state index contributed by atoms with van der Waals surface area (Å²) < 4.78 is 15.8. The number of rotatable bonds is 4. The van der Waals surface area contributed by atoms with Crippen molar-refractivity contribution in [3.05, 3.63) is 52.8 Å². The minimum Gasteiger partial charge on any atom is -0.336 e. The number of carbonyl (C=O) groups excluding carboxylic acids is 1. The molecule has 0 radical (unpaired) electrons. The fourth-order valence-corrected chi connectivity index (χ4v) is 3.12. The normalized spacial score (nSPS) is 17.2. The summed E-state index contributed by atoms with van der Waals surface area (Å²) in [5, 5.41) is 3.05. The van der Waals surface area contributed by atoms with Crippen LogP contribution in [0.3, 0.4) is 0 Å². The zero-order valence-electron chi connectivity index (χ0n) is 14.2. The van der Waals surface area contributed by atoms with Crippen LogP contribution in [0.1, 0.15) is 17.3 Å². The van der Waals surface area contributed by atoms with E-state index in [2.05, 4.69) is 19.8 Å². The van der Waals surface area contributed by atoms with Gasteiger partial charge in [0.2, 0.25) is 0 Å². The van der Waals surface area contributed by atoms with Crippen LogP contribution in [0, 0.1) is 5.82 Å². The molecule has 3 rings (SSSR count). The molecule has 0 saturated carbocycles. The Hall–Kier alpha value is -2.12. The van der Waals surface area contributed by atoms with Crippen molar-refractivity contribution >= 4 is 17.6 Å². The summed E-state index contributed by atoms with van der Waals surface area (Å²) in [7, 11) is 3.42. The summed E-state index contributed by atoms with van der Waals surface area (Å²) in [6, 6.07) is 4.83. The summed E-state index contributed by atoms with van der Waals surface area (Å²) in [4.78, 5) is 19.7. The lowest BCUT2D eigenvalue weighted by molar-refractivity contribution is 0.171. The largest absolute Gasteiger partial charge is 0.336 e. The van der Waals surface area contributed by atoms with E-state index in [9.17, 15) is 9.18 Å². The van der Waals surface area contributed by atoms with Crippen molar-refractivity contribution in [1.82, 2.24) is 24.7 Å². The second-order valence-electron chi connectivity index (χ2n) is 6.44. The van der Waals surface area contributed by atoms with Gasteiger partial charge in [-0.15, -0.1) is 0 Å². The number of imidazole rings is 1. The van der Waals surface area contributed by atoms with Crippen molar-refractivity contribution in [2.45, 2.75) is 19.1 Å². The van der Waals surface area contributed by atoms with Gasteiger partial charge in [0, 0.05) is 46.5 Å². The van der Waals surface area contributed by atoms with Crippen LogP contribution < -0.4 is 5.32 Å². The molecule has 1 atom stereocenters. The molecule has 0 saturated heterocycles. The third kappa shape index (κ3) is 4.11. The Morgan fingerprint density at radius 1 is 1.48 bits per heavy atom. The third-order valence-electron chi connectivity index (χ3n) is 4.28. The molecule has 2 heterocycles. The van der Waals surface area contributed by atoms with Gasteiger partial charge in [0.1, 0.15) is 5.82 Å². The van der Waals surface area contributed by atoms with Gasteiger partial charge in [-0.1, -0.05) is 17.7 Å². The highest BCUT2D eigenvalue weighted by Crippen LogP contribution is 2.23. The van der Waals surface area contributed by atoms with Crippen LogP contribution in [0.25, 0.3) is 0 Å². The molecule has 0 bridgehead atoms. The van der Waals surface area contributed by atoms with Crippen molar-refractivity contribution in [1.29, 1.82) is 0 Å². The molecule has 2 amide bonds. The topological polar surface area (TPSA) is 53.4 Å². The molecule has 0 spiro atoms. The molecule has 8 heteroatoms. The van der Waals surface area contributed by atoms with Crippen molar-refractivity contribution in [3.8, 4) is 0 Å². The standard InChI is InChI=1S/C17H21ClFN5O/c1-22(2)17(25)21-7-14-10-23(9-13-6-20-11-24(13)14)8-12-3-4-15(18)16(19)5-12/h3-6,11,14H,7-10H2,1-2H3,(H,21,25). The SMILES string of the molecule is CN(C)C(=O)NCC1CN(Cc2ccc(Cl)c(F)c2)Cc2cncn21. The average Bonchev–Trinajstić information content (AvgIpc) is 3.04. The molecular weight excluding hydrogens is 345 g/mol. The van der Waals surface area contributed by atoms with Gasteiger partial charge in [-0.05, 0) is 17.7 Å². The maximum absolute atomic E-state index is 13.7. The van der Waals surface area contributed by atoms with Gasteiger partial charge in [0.15, 0.2) is 0 Å². The van der Waals surface area contributed by atoms with E-state index < -0.39 is 5.82 Å². The molecule has 1 aliphatic rings. The first-order chi connectivity index (χ1) is 11.9. The fourth-order valence-electron chi connectivity index (χ4n) is 3.01. The third-order valence-corrected chi connectivity index (χ3v) is 4.59. The van der Waals surface area contributed by atoms with Gasteiger partial charge in [-0.25, -0.2) is 14.2 Å². The van der Waals surface area contributed by atoms with Crippen LogP contribution in [-0.2, 0) is 13.1 Å². The highest BCUT2D eigenvalue weighted by atomic mass is 35.5. The Balaban J connectivity index is 1.70. The van der Waals surface area contributed by atoms with E-state index in [4.69, 9.17) is 11.6 Å². The Morgan fingerprint density at radius 3 is 3.00 bits per heavy atom. The zero-order chi connectivity index (χ0) is 18.0. The molecule has 1 unspecified atom stereocenters. The number of benzene rings is 1. The van der Waals surface area contributed by atoms with E-state index >= 15 is 0 Å². The minimum absolute atomic E-state index is 0.0762. The quantitative estimate of drug-likeness (QED) is 0.905. The van der Waals surface area contributed by atoms with Crippen molar-refractivity contribution < 1.29 is 9.18 Å². The molecule has 1 aromatic carbocycles. The van der Waals surface area contributed by atoms with E-state index in [1.54, 1.807) is 26.5 Å². The van der Waals surface area contributed by atoms with Crippen molar-refractivity contribution in [2.24, 2.45) is 0 Å². The van der Waals surface area contributed by atoms with E-state index in [1.165, 1.54) is 11.0 Å². The predicted octanol–water partition coefficient (Wildman–Crippen LogP) is 2.50. The molecule has 1 aliphatic heterocycles. The highest BCUT2D eigenvalue weighted by Gasteiger charge is 2.25. The van der Waals surface area contributed by atoms with E-state index in [-0.39, 0.29) is 17.1 Å². The van der Waals surface area contributed by atoms with Crippen molar-refractivity contribution in [2.75, 3.05) is 27.2 Å². The smallest absolute Gasteiger partial charge is 0.316 e. The monoisotopic (exact) mass is 365 g/mol. The minimum atomic E-state index is -0.406. The lowest BCUT2D eigenvalue weighted by Crippen LogP contribution is -2.44. The van der Waals surface area contributed by atoms with Crippen molar-refractivity contribution in [3.63, 3.8) is 0 Å².